The summed E-state index contributed by atoms with van der Waals surface area (Å²) >= 11 is 1.93. The Morgan fingerprint density at radius 1 is 1.50 bits per heavy atom. The second kappa shape index (κ2) is 5.43. The maximum Gasteiger partial charge on any atom is 0.0287 e. The molecular formula is C14H17NS. The summed E-state index contributed by atoms with van der Waals surface area (Å²) in [7, 11) is 0. The molecule has 16 heavy (non-hydrogen) atoms. The van der Waals surface area contributed by atoms with Crippen LogP contribution in [0, 0.1) is 12.3 Å². The van der Waals surface area contributed by atoms with Crippen molar-refractivity contribution in [3.05, 3.63) is 29.8 Å². The number of hydrogen-bond donors (Lipinski definition) is 1. The van der Waals surface area contributed by atoms with Gasteiger partial charge < -0.3 is 5.73 Å². The van der Waals surface area contributed by atoms with Gasteiger partial charge in [-0.15, -0.1) is 24.1 Å². The predicted octanol–water partition coefficient (Wildman–Crippen LogP) is 2.83. The van der Waals surface area contributed by atoms with E-state index in [4.69, 9.17) is 12.2 Å². The molecule has 0 bridgehead atoms. The first kappa shape index (κ1) is 11.6. The van der Waals surface area contributed by atoms with Gasteiger partial charge in [-0.3, -0.25) is 0 Å². The monoisotopic (exact) mass is 231 g/mol. The summed E-state index contributed by atoms with van der Waals surface area (Å²) in [6, 6.07) is 8.86. The van der Waals surface area contributed by atoms with Gasteiger partial charge in [-0.25, -0.2) is 0 Å². The lowest BCUT2D eigenvalue weighted by molar-refractivity contribution is 0.567. The van der Waals surface area contributed by atoms with E-state index in [1.807, 2.05) is 11.8 Å². The standard InChI is InChI=1S/C14H17NS/c1-2-3-4-8-12(15)14-10-11-7-5-6-9-13(11)16-14/h1,5-7,9,12,14H,3-4,8,10,15H2. The van der Waals surface area contributed by atoms with Gasteiger partial charge in [0.2, 0.25) is 0 Å². The van der Waals surface area contributed by atoms with Crippen LogP contribution in [0.25, 0.3) is 0 Å². The number of nitrogens with two attached hydrogens (primary N) is 1. The van der Waals surface area contributed by atoms with Gasteiger partial charge in [0.1, 0.15) is 0 Å². The summed E-state index contributed by atoms with van der Waals surface area (Å²) in [6.45, 7) is 0. The van der Waals surface area contributed by atoms with Crippen molar-refractivity contribution in [2.45, 2.75) is 41.9 Å². The van der Waals surface area contributed by atoms with Crippen LogP contribution >= 0.6 is 11.8 Å². The van der Waals surface area contributed by atoms with Gasteiger partial charge in [0.15, 0.2) is 0 Å². The highest BCUT2D eigenvalue weighted by molar-refractivity contribution is 8.00. The van der Waals surface area contributed by atoms with E-state index in [1.165, 1.54) is 10.5 Å². The minimum Gasteiger partial charge on any atom is -0.327 e. The second-order valence-corrected chi connectivity index (χ2v) is 5.51. The van der Waals surface area contributed by atoms with Crippen molar-refractivity contribution in [1.82, 2.24) is 0 Å². The van der Waals surface area contributed by atoms with Crippen LogP contribution in [0.1, 0.15) is 24.8 Å². The van der Waals surface area contributed by atoms with Crippen LogP contribution in [0.2, 0.25) is 0 Å². The summed E-state index contributed by atoms with van der Waals surface area (Å²) < 4.78 is 0. The molecule has 0 saturated carbocycles. The van der Waals surface area contributed by atoms with E-state index >= 15 is 0 Å². The quantitative estimate of drug-likeness (QED) is 0.637. The fourth-order valence-corrected chi connectivity index (χ4v) is 3.43. The molecule has 2 rings (SSSR count). The Bertz CT molecular complexity index is 369. The minimum atomic E-state index is 0.269. The Labute approximate surface area is 102 Å². The fourth-order valence-electron chi connectivity index (χ4n) is 2.07. The van der Waals surface area contributed by atoms with Crippen LogP contribution in [0.4, 0.5) is 0 Å². The molecule has 2 heteroatoms. The highest BCUT2D eigenvalue weighted by Gasteiger charge is 2.26. The maximum absolute atomic E-state index is 6.21. The van der Waals surface area contributed by atoms with Gasteiger partial charge in [-0.05, 0) is 30.9 Å². The molecule has 2 N–H and O–H groups in total. The zero-order valence-electron chi connectivity index (χ0n) is 9.36. The minimum absolute atomic E-state index is 0.269. The van der Waals surface area contributed by atoms with E-state index in [0.29, 0.717) is 5.25 Å². The van der Waals surface area contributed by atoms with Crippen LogP contribution in [0.15, 0.2) is 29.2 Å². The molecule has 2 unspecified atom stereocenters. The average molecular weight is 231 g/mol. The van der Waals surface area contributed by atoms with E-state index in [1.54, 1.807) is 0 Å². The largest absolute Gasteiger partial charge is 0.327 e. The smallest absolute Gasteiger partial charge is 0.0287 e. The summed E-state index contributed by atoms with van der Waals surface area (Å²) in [6.07, 6.45) is 9.28. The van der Waals surface area contributed by atoms with Crippen molar-refractivity contribution in [3.8, 4) is 12.3 Å². The number of unbranched alkanes of at least 4 members (excludes halogenated alkanes) is 1. The number of terminal acetylenes is 1. The zero-order chi connectivity index (χ0) is 11.4. The third-order valence-corrected chi connectivity index (χ3v) is 4.48. The molecule has 1 aromatic rings. The van der Waals surface area contributed by atoms with Crippen LogP contribution in [-0.4, -0.2) is 11.3 Å². The van der Waals surface area contributed by atoms with Gasteiger partial charge in [-0.2, -0.15) is 0 Å². The number of benzene rings is 1. The molecule has 0 radical (unpaired) electrons. The summed E-state index contributed by atoms with van der Waals surface area (Å²) in [5.74, 6) is 2.67. The molecule has 0 fully saturated rings. The van der Waals surface area contributed by atoms with Crippen LogP contribution < -0.4 is 5.73 Å². The summed E-state index contributed by atoms with van der Waals surface area (Å²) in [5, 5.41) is 0.537. The van der Waals surface area contributed by atoms with Crippen molar-refractivity contribution < 1.29 is 0 Å². The van der Waals surface area contributed by atoms with Gasteiger partial charge in [-0.1, -0.05) is 18.2 Å². The van der Waals surface area contributed by atoms with Crippen molar-refractivity contribution in [1.29, 1.82) is 0 Å². The SMILES string of the molecule is C#CCCCC(N)C1Cc2ccccc2S1. The van der Waals surface area contributed by atoms with Gasteiger partial charge in [0.25, 0.3) is 0 Å². The molecule has 1 heterocycles. The lowest BCUT2D eigenvalue weighted by Crippen LogP contribution is -2.32. The first-order valence-electron chi connectivity index (χ1n) is 5.75. The maximum atomic E-state index is 6.21. The molecule has 1 aliphatic rings. The lowest BCUT2D eigenvalue weighted by atomic mass is 10.0. The normalized spacial score (nSPS) is 20.1. The van der Waals surface area contributed by atoms with Crippen molar-refractivity contribution in [2.24, 2.45) is 5.73 Å². The third kappa shape index (κ3) is 2.61. The number of rotatable bonds is 4. The first-order chi connectivity index (χ1) is 7.81. The Balaban J connectivity index is 1.88. The van der Waals surface area contributed by atoms with Crippen LogP contribution in [-0.2, 0) is 6.42 Å². The van der Waals surface area contributed by atoms with Gasteiger partial charge in [0, 0.05) is 22.6 Å². The molecular weight excluding hydrogens is 214 g/mol. The van der Waals surface area contributed by atoms with Crippen LogP contribution in [0.3, 0.4) is 0 Å². The van der Waals surface area contributed by atoms with E-state index in [2.05, 4.69) is 30.2 Å². The van der Waals surface area contributed by atoms with Crippen molar-refractivity contribution >= 4 is 11.8 Å². The summed E-state index contributed by atoms with van der Waals surface area (Å²) in [5.41, 5.74) is 7.66. The number of thioether (sulfide) groups is 1. The molecule has 0 amide bonds. The first-order valence-corrected chi connectivity index (χ1v) is 6.63. The molecule has 1 aliphatic heterocycles. The average Bonchev–Trinajstić information content (AvgIpc) is 2.73. The third-order valence-electron chi connectivity index (χ3n) is 3.01. The Hall–Kier alpha value is -0.910. The molecule has 0 aliphatic carbocycles. The topological polar surface area (TPSA) is 26.0 Å². The summed E-state index contributed by atoms with van der Waals surface area (Å²) in [4.78, 5) is 1.40. The fraction of sp³-hybridized carbons (Fsp3) is 0.429. The van der Waals surface area contributed by atoms with Gasteiger partial charge >= 0.3 is 0 Å². The highest BCUT2D eigenvalue weighted by atomic mass is 32.2. The second-order valence-electron chi connectivity index (χ2n) is 4.23. The van der Waals surface area contributed by atoms with E-state index in [0.717, 1.165) is 25.7 Å². The van der Waals surface area contributed by atoms with E-state index < -0.39 is 0 Å². The molecule has 0 spiro atoms. The van der Waals surface area contributed by atoms with E-state index in [9.17, 15) is 0 Å². The molecule has 1 aromatic carbocycles. The Morgan fingerprint density at radius 3 is 3.06 bits per heavy atom. The van der Waals surface area contributed by atoms with E-state index in [-0.39, 0.29) is 6.04 Å². The highest BCUT2D eigenvalue weighted by Crippen LogP contribution is 2.38. The number of hydrogen-bond acceptors (Lipinski definition) is 2. The molecule has 84 valence electrons. The predicted molar refractivity (Wildman–Crippen MR) is 70.5 cm³/mol. The van der Waals surface area contributed by atoms with Crippen LogP contribution in [0.5, 0.6) is 0 Å². The Kier molecular flexibility index (Phi) is 3.93. The lowest BCUT2D eigenvalue weighted by Gasteiger charge is -2.17. The molecule has 2 atom stereocenters. The molecule has 0 saturated heterocycles. The Morgan fingerprint density at radius 2 is 2.31 bits per heavy atom. The van der Waals surface area contributed by atoms with Gasteiger partial charge in [0.05, 0.1) is 0 Å². The zero-order valence-corrected chi connectivity index (χ0v) is 10.2. The molecule has 0 aromatic heterocycles. The van der Waals surface area contributed by atoms with Crippen molar-refractivity contribution in [2.75, 3.05) is 0 Å². The van der Waals surface area contributed by atoms with Crippen molar-refractivity contribution in [3.63, 3.8) is 0 Å². The molecule has 1 nitrogen and oxygen atoms in total. The number of fused-ring (bicyclic) bond motifs is 1.